The monoisotopic (exact) mass is 2030 g/mol. The van der Waals surface area contributed by atoms with E-state index in [0.717, 1.165) is 205 Å². The molecule has 16 fully saturated rings. The maximum absolute atomic E-state index is 10.2. The molecule has 0 radical (unpaired) electrons. The first-order chi connectivity index (χ1) is 69.5. The van der Waals surface area contributed by atoms with E-state index >= 15 is 0 Å². The second-order valence-corrected chi connectivity index (χ2v) is 64.8. The van der Waals surface area contributed by atoms with Crippen molar-refractivity contribution in [2.75, 3.05) is 0 Å². The number of aliphatic hydroxyl groups is 4. The minimum absolute atomic E-state index is 0.0794. The van der Waals surface area contributed by atoms with E-state index in [0.29, 0.717) is 87.6 Å². The van der Waals surface area contributed by atoms with Gasteiger partial charge in [-0.25, -0.2) is 0 Å². The Morgan fingerprint density at radius 1 is 0.372 bits per heavy atom. The predicted molar refractivity (Wildman–Crippen MR) is 633 cm³/mol. The van der Waals surface area contributed by atoms with Crippen LogP contribution >= 0.6 is 0 Å². The van der Waals surface area contributed by atoms with E-state index in [9.17, 15) is 20.4 Å². The van der Waals surface area contributed by atoms with Crippen molar-refractivity contribution in [1.82, 2.24) is 0 Å². The quantitative estimate of drug-likeness (QED) is 0.0916. The Morgan fingerprint density at radius 3 is 1.11 bits per heavy atom. The molecule has 41 atom stereocenters. The average Bonchev–Trinajstić information content (AvgIpc) is 0.939. The smallest absolute Gasteiger partial charge is 0.0577 e. The van der Waals surface area contributed by atoms with Crippen molar-refractivity contribution >= 4 is 0 Å². The van der Waals surface area contributed by atoms with E-state index in [1.807, 2.05) is 5.57 Å². The van der Waals surface area contributed by atoms with Crippen LogP contribution in [0.5, 0.6) is 0 Å². The molecule has 16 saturated carbocycles. The zero-order valence-corrected chi connectivity index (χ0v) is 103. The van der Waals surface area contributed by atoms with Crippen LogP contribution in [0.2, 0.25) is 0 Å². The van der Waals surface area contributed by atoms with Crippen molar-refractivity contribution < 1.29 is 20.4 Å². The van der Waals surface area contributed by atoms with Crippen LogP contribution in [0.4, 0.5) is 0 Å². The second kappa shape index (κ2) is 44.3. The fraction of sp³-hybridized carbons (Fsp3) is 0.889. The summed E-state index contributed by atoms with van der Waals surface area (Å²) in [6, 6.07) is 0. The Hall–Kier alpha value is -2.24. The molecule has 0 aromatic heterocycles. The van der Waals surface area contributed by atoms with Gasteiger partial charge >= 0.3 is 0 Å². The van der Waals surface area contributed by atoms with Crippen molar-refractivity contribution in [3.8, 4) is 0 Å². The summed E-state index contributed by atoms with van der Waals surface area (Å²) in [4.78, 5) is 0. The molecule has 0 saturated heterocycles. The molecule has 148 heavy (non-hydrogen) atoms. The lowest BCUT2D eigenvalue weighted by Gasteiger charge is -2.71. The van der Waals surface area contributed by atoms with Gasteiger partial charge in [0.15, 0.2) is 0 Å². The summed E-state index contributed by atoms with van der Waals surface area (Å²) in [6.45, 7) is 82.5. The van der Waals surface area contributed by atoms with E-state index in [-0.39, 0.29) is 24.4 Å². The van der Waals surface area contributed by atoms with Gasteiger partial charge in [-0.2, -0.15) is 0 Å². The lowest BCUT2D eigenvalue weighted by molar-refractivity contribution is -0.190. The van der Waals surface area contributed by atoms with Crippen LogP contribution < -0.4 is 0 Å². The first-order valence-electron chi connectivity index (χ1n) is 65.7. The van der Waals surface area contributed by atoms with Gasteiger partial charge in [0.1, 0.15) is 0 Å². The number of rotatable bonds is 20. The molecule has 0 heterocycles. The molecule has 21 aliphatic rings. The summed E-state index contributed by atoms with van der Waals surface area (Å²) < 4.78 is 0. The van der Waals surface area contributed by atoms with Gasteiger partial charge in [0.2, 0.25) is 0 Å². The van der Waals surface area contributed by atoms with Gasteiger partial charge in [-0.1, -0.05) is 300 Å². The maximum atomic E-state index is 10.2. The Balaban J connectivity index is 0.000000126. The highest BCUT2D eigenvalue weighted by atomic mass is 16.3. The summed E-state index contributed by atoms with van der Waals surface area (Å²) in [5.41, 5.74) is 19.8. The van der Waals surface area contributed by atoms with Crippen molar-refractivity contribution in [2.24, 2.45) is 242 Å². The maximum Gasteiger partial charge on any atom is 0.0577 e. The molecule has 4 N–H and O–H groups in total. The van der Waals surface area contributed by atoms with Crippen LogP contribution in [0, 0.1) is 242 Å². The molecular weight excluding hydrogens is 1790 g/mol. The van der Waals surface area contributed by atoms with E-state index in [4.69, 9.17) is 0 Å². The van der Waals surface area contributed by atoms with Crippen LogP contribution in [0.15, 0.2) is 93.7 Å². The molecule has 21 rings (SSSR count). The molecule has 21 aliphatic carbocycles. The minimum Gasteiger partial charge on any atom is -0.393 e. The third-order valence-electron chi connectivity index (χ3n) is 56.3. The van der Waals surface area contributed by atoms with Crippen molar-refractivity contribution in [3.63, 3.8) is 0 Å². The standard InChI is InChI=1S/C31H52.C29H50O.C29H48O.C28H46O.C27H44O/c1-21-12-14-29(7)24(27(21,4)5)13-15-31(9)25(29)11-10-22-23-20-26(2,3)16-17-28(23,6)18-19-30(22,31)8;2*1-7-21(19(2)3)9-8-20(4)25-12-13-26-24-11-10-22-18-23(30)14-16-28(22,5)27(24)15-17-29(25,26)6;1-18(2)19(3)7-8-20(4)24-11-12-25-23-10-9-21-17-22(29)13-15-27(21,5)26(23)14-16-28(24,25)6;1-18(2)7-6-8-19(3)23-11-12-24-22-10-9-20-17-21(28)13-15-26(20,4)25(22)14-16-27(23,24)5/h10,21,23-25H,11-20H2,1-9H3;10,19-21,23-27,30H,7-9,11-18H2,1-6H3;7,10,19-20,23-27,30H,8-9,11-18H2,1-6H3;9,18,20,22-26,29H,3,7-8,10-17H2,1-2,4-6H3;7,9,19,21-25,28H,6,8,10-17H2,1-5H3/b;;21-7-;;/t21-,23?,24-,25+,28+,29-,30+,31+;20-,21?,23+,24+,25-,26+,27+,28+,29-;20-,23+,24+,25-,26+,27+,28+,29-;20-,22+,23+,24-,25+,26+,27+,28-;19-,21+,22+,23-,24+,25+,26+,27-/m01111/s1. The van der Waals surface area contributed by atoms with Gasteiger partial charge < -0.3 is 20.4 Å². The van der Waals surface area contributed by atoms with Crippen molar-refractivity contribution in [3.05, 3.63) is 93.7 Å². The molecule has 2 unspecified atom stereocenters. The predicted octanol–water partition coefficient (Wildman–Crippen LogP) is 40.3. The minimum atomic E-state index is -0.0861. The lowest BCUT2D eigenvalue weighted by Crippen LogP contribution is -2.63. The lowest BCUT2D eigenvalue weighted by atomic mass is 9.33. The molecule has 0 amide bonds. The number of fused-ring (bicyclic) bond motifs is 27. The number of allylic oxidation sites excluding steroid dienone is 11. The fourth-order valence-electron chi connectivity index (χ4n) is 46.0. The van der Waals surface area contributed by atoms with Crippen LogP contribution in [-0.4, -0.2) is 44.8 Å². The third-order valence-corrected chi connectivity index (χ3v) is 56.3. The Morgan fingerprint density at radius 2 is 0.743 bits per heavy atom. The van der Waals surface area contributed by atoms with Crippen molar-refractivity contribution in [2.45, 2.75) is 567 Å². The van der Waals surface area contributed by atoms with Gasteiger partial charge in [0.05, 0.1) is 24.4 Å². The van der Waals surface area contributed by atoms with Crippen LogP contribution in [0.1, 0.15) is 542 Å². The SMILES string of the molecule is C/C=C(/CC[C@@H](C)[C@H]1CC[C@H]2[C@@H]3CC=C4C[C@@H](O)CC[C@]4(C)[C@H]3CC[C@]12C)C(C)C.C=C(CC[C@@H](C)[C@H]1CC[C@H]2[C@@H]3CC=C4C[C@@H](O)CC[C@]4(C)[C@H]3CC[C@]12C)C(C)C.CC(C)=CCC[C@@H](C)[C@H]1CC[C@H]2[C@@H]3CC=C4C[C@@H](O)CC[C@]4(C)[C@H]3CC[C@]12C.CCC(CC[C@@H](C)[C@H]1CC[C@H]2[C@@H]3CC=C4C[C@@H](O)CC[C@]4(C)[C@H]3CC[C@]12C)C(C)C.C[C@H]1CC[C@]2(C)[C@H]3CC=C4C5CC(C)(C)CC[C@]5(C)CC[C@@]4(C)[C@]3(C)CC[C@H]2C1(C)C. The third kappa shape index (κ3) is 21.0. The number of hydrogen-bond donors (Lipinski definition) is 4. The number of hydrogen-bond acceptors (Lipinski definition) is 4. The molecule has 4 heteroatoms. The summed E-state index contributed by atoms with van der Waals surface area (Å²) in [5, 5.41) is 40.9. The fourth-order valence-corrected chi connectivity index (χ4v) is 46.0. The van der Waals surface area contributed by atoms with Crippen LogP contribution in [0.3, 0.4) is 0 Å². The normalized spacial score (nSPS) is 47.4. The summed E-state index contributed by atoms with van der Waals surface area (Å²) >= 11 is 0. The molecule has 0 bridgehead atoms. The molecule has 0 aromatic rings. The number of aliphatic hydroxyl groups excluding tert-OH is 4. The van der Waals surface area contributed by atoms with E-state index < -0.39 is 0 Å². The molecular formula is C144H240O4. The zero-order chi connectivity index (χ0) is 107. The van der Waals surface area contributed by atoms with Gasteiger partial charge in [-0.05, 0) is 577 Å². The highest BCUT2D eigenvalue weighted by Crippen LogP contribution is 2.79. The molecule has 0 aliphatic heterocycles. The van der Waals surface area contributed by atoms with Gasteiger partial charge in [0, 0.05) is 0 Å². The Kier molecular flexibility index (Phi) is 35.0. The van der Waals surface area contributed by atoms with Crippen LogP contribution in [0.25, 0.3) is 0 Å². The summed E-state index contributed by atoms with van der Waals surface area (Å²) in [6.07, 6.45) is 85.3. The highest BCUT2D eigenvalue weighted by Gasteiger charge is 2.70. The van der Waals surface area contributed by atoms with Crippen molar-refractivity contribution in [1.29, 1.82) is 0 Å². The van der Waals surface area contributed by atoms with Gasteiger partial charge in [0.25, 0.3) is 0 Å². The van der Waals surface area contributed by atoms with Gasteiger partial charge in [-0.3, -0.25) is 0 Å². The first-order valence-corrected chi connectivity index (χ1v) is 65.7. The van der Waals surface area contributed by atoms with Gasteiger partial charge in [-0.15, -0.1) is 0 Å². The van der Waals surface area contributed by atoms with E-state index in [1.54, 1.807) is 27.9 Å². The van der Waals surface area contributed by atoms with E-state index in [2.05, 4.69) is 264 Å². The average molecular weight is 2040 g/mol. The van der Waals surface area contributed by atoms with E-state index in [1.165, 1.54) is 287 Å². The zero-order valence-electron chi connectivity index (χ0n) is 103. The largest absolute Gasteiger partial charge is 0.393 e. The Bertz CT molecular complexity index is 4760. The highest BCUT2D eigenvalue weighted by molar-refractivity contribution is 5.36. The van der Waals surface area contributed by atoms with Crippen LogP contribution in [-0.2, 0) is 0 Å². The Labute approximate surface area is 915 Å². The molecule has 4 nitrogen and oxygen atoms in total. The summed E-state index contributed by atoms with van der Waals surface area (Å²) in [5.74, 6) is 24.5. The molecule has 0 spiro atoms. The molecule has 0 aromatic carbocycles. The second-order valence-electron chi connectivity index (χ2n) is 64.8. The first kappa shape index (κ1) is 117. The molecule has 840 valence electrons. The summed E-state index contributed by atoms with van der Waals surface area (Å²) in [7, 11) is 0. The topological polar surface area (TPSA) is 80.9 Å².